The number of esters is 1. The summed E-state index contributed by atoms with van der Waals surface area (Å²) in [5.74, 6) is 0.263. The standard InChI is InChI=1S/C18H36ClNO2/c1-3-5-7-9-10-12-14-17(13-11-8-6-4-2)16-22-18(21)15-20-19/h17,20H,3-16H2,1-2H3. The van der Waals surface area contributed by atoms with E-state index in [1.807, 2.05) is 0 Å². The maximum absolute atomic E-state index is 11.4. The number of hydrogen-bond acceptors (Lipinski definition) is 3. The van der Waals surface area contributed by atoms with Crippen LogP contribution in [0.4, 0.5) is 0 Å². The molecule has 1 atom stereocenters. The molecule has 1 N–H and O–H groups in total. The van der Waals surface area contributed by atoms with Crippen LogP contribution in [0.15, 0.2) is 0 Å². The predicted octanol–water partition coefficient (Wildman–Crippen LogP) is 5.61. The molecule has 0 spiro atoms. The lowest BCUT2D eigenvalue weighted by Crippen LogP contribution is -2.21. The fourth-order valence-corrected chi connectivity index (χ4v) is 2.81. The van der Waals surface area contributed by atoms with Crippen LogP contribution in [0.1, 0.15) is 90.9 Å². The topological polar surface area (TPSA) is 38.3 Å². The van der Waals surface area contributed by atoms with E-state index in [-0.39, 0.29) is 12.5 Å². The molecule has 3 nitrogen and oxygen atoms in total. The Morgan fingerprint density at radius 3 is 1.95 bits per heavy atom. The molecule has 0 aliphatic heterocycles. The number of carbonyl (C=O) groups is 1. The number of hydrogen-bond donors (Lipinski definition) is 1. The first-order chi connectivity index (χ1) is 10.7. The minimum absolute atomic E-state index is 0.0845. The highest BCUT2D eigenvalue weighted by Crippen LogP contribution is 2.19. The van der Waals surface area contributed by atoms with E-state index in [0.717, 1.165) is 0 Å². The van der Waals surface area contributed by atoms with E-state index in [4.69, 9.17) is 16.5 Å². The lowest BCUT2D eigenvalue weighted by Gasteiger charge is -2.17. The van der Waals surface area contributed by atoms with Gasteiger partial charge in [0.05, 0.1) is 6.61 Å². The highest BCUT2D eigenvalue weighted by molar-refractivity contribution is 6.14. The van der Waals surface area contributed by atoms with Crippen LogP contribution >= 0.6 is 11.8 Å². The van der Waals surface area contributed by atoms with Gasteiger partial charge in [0.1, 0.15) is 6.54 Å². The zero-order valence-electron chi connectivity index (χ0n) is 14.7. The Balaban J connectivity index is 3.86. The second-order valence-corrected chi connectivity index (χ2v) is 6.53. The lowest BCUT2D eigenvalue weighted by molar-refractivity contribution is -0.143. The first kappa shape index (κ1) is 21.7. The molecule has 22 heavy (non-hydrogen) atoms. The van der Waals surface area contributed by atoms with Crippen molar-refractivity contribution < 1.29 is 9.53 Å². The Labute approximate surface area is 142 Å². The number of nitrogens with one attached hydrogen (secondary N) is 1. The van der Waals surface area contributed by atoms with E-state index in [2.05, 4.69) is 18.7 Å². The third kappa shape index (κ3) is 14.6. The Morgan fingerprint density at radius 2 is 1.41 bits per heavy atom. The molecule has 0 rings (SSSR count). The molecule has 0 aliphatic rings. The first-order valence-electron chi connectivity index (χ1n) is 9.23. The van der Waals surface area contributed by atoms with E-state index >= 15 is 0 Å². The quantitative estimate of drug-likeness (QED) is 0.226. The smallest absolute Gasteiger partial charge is 0.321 e. The van der Waals surface area contributed by atoms with Gasteiger partial charge >= 0.3 is 5.97 Å². The molecule has 0 saturated heterocycles. The molecule has 1 unspecified atom stereocenters. The van der Waals surface area contributed by atoms with Crippen LogP contribution in [0, 0.1) is 5.92 Å². The van der Waals surface area contributed by atoms with Crippen molar-refractivity contribution in [3.8, 4) is 0 Å². The van der Waals surface area contributed by atoms with Crippen LogP contribution in [0.2, 0.25) is 0 Å². The minimum atomic E-state index is -0.253. The van der Waals surface area contributed by atoms with Crippen molar-refractivity contribution in [2.75, 3.05) is 13.2 Å². The molecule has 0 radical (unpaired) electrons. The van der Waals surface area contributed by atoms with E-state index in [9.17, 15) is 4.79 Å². The average Bonchev–Trinajstić information content (AvgIpc) is 2.51. The summed E-state index contributed by atoms with van der Waals surface area (Å²) in [6.07, 6.45) is 15.4. The number of halogens is 1. The van der Waals surface area contributed by atoms with Crippen LogP contribution < -0.4 is 4.84 Å². The summed E-state index contributed by atoms with van der Waals surface area (Å²) in [5.41, 5.74) is 0. The number of unbranched alkanes of at least 4 members (excludes halogenated alkanes) is 8. The molecule has 0 aliphatic carbocycles. The second kappa shape index (κ2) is 17.1. The summed E-state index contributed by atoms with van der Waals surface area (Å²) < 4.78 is 5.31. The van der Waals surface area contributed by atoms with Crippen LogP contribution in [-0.2, 0) is 9.53 Å². The van der Waals surface area contributed by atoms with Crippen LogP contribution in [0.25, 0.3) is 0 Å². The molecule has 0 fully saturated rings. The Morgan fingerprint density at radius 1 is 0.909 bits per heavy atom. The van der Waals surface area contributed by atoms with E-state index in [0.29, 0.717) is 12.5 Å². The van der Waals surface area contributed by atoms with Gasteiger partial charge in [-0.05, 0) is 30.5 Å². The molecule has 0 aromatic rings. The molecule has 132 valence electrons. The van der Waals surface area contributed by atoms with Crippen molar-refractivity contribution in [1.82, 2.24) is 4.84 Å². The molecular formula is C18H36ClNO2. The van der Waals surface area contributed by atoms with Gasteiger partial charge in [0.25, 0.3) is 0 Å². The van der Waals surface area contributed by atoms with E-state index in [1.54, 1.807) is 0 Å². The van der Waals surface area contributed by atoms with Crippen LogP contribution in [-0.4, -0.2) is 19.1 Å². The monoisotopic (exact) mass is 333 g/mol. The second-order valence-electron chi connectivity index (χ2n) is 6.27. The third-order valence-corrected chi connectivity index (χ3v) is 4.26. The molecule has 0 saturated carbocycles. The first-order valence-corrected chi connectivity index (χ1v) is 9.61. The zero-order valence-corrected chi connectivity index (χ0v) is 15.4. The fraction of sp³-hybridized carbons (Fsp3) is 0.944. The number of ether oxygens (including phenoxy) is 1. The highest BCUT2D eigenvalue weighted by atomic mass is 35.5. The van der Waals surface area contributed by atoms with Gasteiger partial charge in [0.2, 0.25) is 0 Å². The van der Waals surface area contributed by atoms with Gasteiger partial charge in [-0.1, -0.05) is 78.1 Å². The average molecular weight is 334 g/mol. The maximum atomic E-state index is 11.4. The summed E-state index contributed by atoms with van der Waals surface area (Å²) in [6, 6.07) is 0. The molecule has 0 aromatic heterocycles. The zero-order chi connectivity index (χ0) is 16.5. The summed E-state index contributed by atoms with van der Waals surface area (Å²) in [6.45, 7) is 5.12. The van der Waals surface area contributed by atoms with E-state index < -0.39 is 0 Å². The van der Waals surface area contributed by atoms with Gasteiger partial charge < -0.3 is 4.74 Å². The van der Waals surface area contributed by atoms with Crippen molar-refractivity contribution >= 4 is 17.7 Å². The van der Waals surface area contributed by atoms with Crippen LogP contribution in [0.3, 0.4) is 0 Å². The Bertz CT molecular complexity index is 249. The van der Waals surface area contributed by atoms with Crippen LogP contribution in [0.5, 0.6) is 0 Å². The molecule has 0 bridgehead atoms. The molecular weight excluding hydrogens is 298 g/mol. The number of carbonyl (C=O) groups excluding carboxylic acids is 1. The highest BCUT2D eigenvalue weighted by Gasteiger charge is 2.11. The molecule has 0 aromatic carbocycles. The normalized spacial score (nSPS) is 12.3. The van der Waals surface area contributed by atoms with Gasteiger partial charge in [0, 0.05) is 0 Å². The van der Waals surface area contributed by atoms with Crippen molar-refractivity contribution in [2.45, 2.75) is 90.9 Å². The molecule has 4 heteroatoms. The largest absolute Gasteiger partial charge is 0.464 e. The van der Waals surface area contributed by atoms with E-state index in [1.165, 1.54) is 77.0 Å². The molecule has 0 amide bonds. The van der Waals surface area contributed by atoms with Crippen molar-refractivity contribution in [3.05, 3.63) is 0 Å². The molecule has 0 heterocycles. The maximum Gasteiger partial charge on any atom is 0.321 e. The summed E-state index contributed by atoms with van der Waals surface area (Å²) >= 11 is 5.32. The minimum Gasteiger partial charge on any atom is -0.464 e. The Hall–Kier alpha value is -0.280. The fourth-order valence-electron chi connectivity index (χ4n) is 2.70. The third-order valence-electron chi connectivity index (χ3n) is 4.12. The van der Waals surface area contributed by atoms with Crippen molar-refractivity contribution in [3.63, 3.8) is 0 Å². The van der Waals surface area contributed by atoms with Gasteiger partial charge in [-0.3, -0.25) is 4.79 Å². The lowest BCUT2D eigenvalue weighted by atomic mass is 9.95. The Kier molecular flexibility index (Phi) is 16.9. The van der Waals surface area contributed by atoms with Gasteiger partial charge in [-0.25, -0.2) is 4.84 Å². The summed E-state index contributed by atoms with van der Waals surface area (Å²) in [4.78, 5) is 13.7. The van der Waals surface area contributed by atoms with Gasteiger partial charge in [-0.2, -0.15) is 0 Å². The summed E-state index contributed by atoms with van der Waals surface area (Å²) in [5, 5.41) is 0. The number of rotatable bonds is 16. The SMILES string of the molecule is CCCCCCCCC(CCCCCC)COC(=O)CNCl. The van der Waals surface area contributed by atoms with Crippen molar-refractivity contribution in [1.29, 1.82) is 0 Å². The van der Waals surface area contributed by atoms with Gasteiger partial charge in [0.15, 0.2) is 0 Å². The summed E-state index contributed by atoms with van der Waals surface area (Å²) in [7, 11) is 0. The van der Waals surface area contributed by atoms with Crippen molar-refractivity contribution in [2.24, 2.45) is 5.92 Å². The van der Waals surface area contributed by atoms with Gasteiger partial charge in [-0.15, -0.1) is 0 Å². The predicted molar refractivity (Wildman–Crippen MR) is 95.1 cm³/mol.